The third-order valence-corrected chi connectivity index (χ3v) is 1.19. The van der Waals surface area contributed by atoms with Crippen LogP contribution in [0.15, 0.2) is 36.3 Å². The lowest BCUT2D eigenvalue weighted by Crippen LogP contribution is -2.18. The first-order valence-corrected chi connectivity index (χ1v) is 3.33. The second kappa shape index (κ2) is 4.59. The van der Waals surface area contributed by atoms with Crippen molar-refractivity contribution in [2.45, 2.75) is 6.18 Å². The van der Waals surface area contributed by atoms with Crippen LogP contribution in [0.3, 0.4) is 0 Å². The summed E-state index contributed by atoms with van der Waals surface area (Å²) in [6.45, 7) is 3.33. The number of alkyl halides is 3. The molecule has 0 spiro atoms. The Morgan fingerprint density at radius 3 is 2.23 bits per heavy atom. The Morgan fingerprint density at radius 1 is 1.38 bits per heavy atom. The highest BCUT2D eigenvalue weighted by Crippen LogP contribution is 2.21. The SMILES string of the molecule is C=C/C(=C\C=C(/N)C(F)(F)F)OC. The van der Waals surface area contributed by atoms with Crippen LogP contribution in [0.25, 0.3) is 0 Å². The van der Waals surface area contributed by atoms with E-state index in [9.17, 15) is 13.2 Å². The van der Waals surface area contributed by atoms with Crippen molar-refractivity contribution in [3.63, 3.8) is 0 Å². The Balaban J connectivity index is 4.58. The predicted octanol–water partition coefficient (Wildman–Crippen LogP) is 2.11. The van der Waals surface area contributed by atoms with E-state index in [2.05, 4.69) is 11.3 Å². The minimum Gasteiger partial charge on any atom is -0.497 e. The molecule has 0 saturated carbocycles. The molecule has 0 aromatic carbocycles. The van der Waals surface area contributed by atoms with Gasteiger partial charge in [-0.2, -0.15) is 13.2 Å². The van der Waals surface area contributed by atoms with Crippen LogP contribution in [-0.2, 0) is 4.74 Å². The first-order valence-electron chi connectivity index (χ1n) is 3.33. The predicted molar refractivity (Wildman–Crippen MR) is 43.6 cm³/mol. The zero-order valence-electron chi connectivity index (χ0n) is 7.06. The molecule has 0 aliphatic carbocycles. The Bertz CT molecular complexity index is 240. The Labute approximate surface area is 74.2 Å². The van der Waals surface area contributed by atoms with Crippen LogP contribution in [0, 0.1) is 0 Å². The summed E-state index contributed by atoms with van der Waals surface area (Å²) in [7, 11) is 1.32. The van der Waals surface area contributed by atoms with Crippen molar-refractivity contribution in [3.05, 3.63) is 36.3 Å². The summed E-state index contributed by atoms with van der Waals surface area (Å²) in [6.07, 6.45) is -1.41. The topological polar surface area (TPSA) is 35.2 Å². The Hall–Kier alpha value is -1.39. The van der Waals surface area contributed by atoms with E-state index in [1.807, 2.05) is 0 Å². The fourth-order valence-electron chi connectivity index (χ4n) is 0.486. The highest BCUT2D eigenvalue weighted by Gasteiger charge is 2.30. The average Bonchev–Trinajstić information content (AvgIpc) is 2.04. The van der Waals surface area contributed by atoms with Crippen molar-refractivity contribution < 1.29 is 17.9 Å². The van der Waals surface area contributed by atoms with Crippen molar-refractivity contribution in [1.82, 2.24) is 0 Å². The van der Waals surface area contributed by atoms with E-state index in [0.717, 1.165) is 12.2 Å². The fourth-order valence-corrected chi connectivity index (χ4v) is 0.486. The molecule has 0 bridgehead atoms. The summed E-state index contributed by atoms with van der Waals surface area (Å²) in [5.41, 5.74) is 3.53. The van der Waals surface area contributed by atoms with Gasteiger partial charge in [0.15, 0.2) is 0 Å². The Kier molecular flexibility index (Phi) is 4.10. The molecule has 0 amide bonds. The zero-order chi connectivity index (χ0) is 10.5. The molecule has 0 aromatic heterocycles. The molecule has 74 valence electrons. The van der Waals surface area contributed by atoms with Gasteiger partial charge >= 0.3 is 6.18 Å². The van der Waals surface area contributed by atoms with Gasteiger partial charge in [0.2, 0.25) is 0 Å². The second-order valence-electron chi connectivity index (χ2n) is 2.10. The van der Waals surface area contributed by atoms with E-state index >= 15 is 0 Å². The number of allylic oxidation sites excluding steroid dienone is 4. The van der Waals surface area contributed by atoms with Gasteiger partial charge in [-0.3, -0.25) is 0 Å². The summed E-state index contributed by atoms with van der Waals surface area (Å²) in [5.74, 6) is 0.215. The van der Waals surface area contributed by atoms with E-state index in [1.165, 1.54) is 13.2 Å². The van der Waals surface area contributed by atoms with E-state index in [1.54, 1.807) is 0 Å². The minimum absolute atomic E-state index is 0.215. The van der Waals surface area contributed by atoms with Gasteiger partial charge in [-0.05, 0) is 18.2 Å². The average molecular weight is 193 g/mol. The number of hydrogen-bond donors (Lipinski definition) is 1. The molecular formula is C8H10F3NO. The third-order valence-electron chi connectivity index (χ3n) is 1.19. The maximum atomic E-state index is 11.8. The number of hydrogen-bond acceptors (Lipinski definition) is 2. The van der Waals surface area contributed by atoms with Crippen molar-refractivity contribution in [2.75, 3.05) is 7.11 Å². The number of methoxy groups -OCH3 is 1. The van der Waals surface area contributed by atoms with Crippen LogP contribution >= 0.6 is 0 Å². The molecule has 13 heavy (non-hydrogen) atoms. The summed E-state index contributed by atoms with van der Waals surface area (Å²) in [4.78, 5) is 0. The quantitative estimate of drug-likeness (QED) is 0.550. The molecule has 0 fully saturated rings. The minimum atomic E-state index is -4.50. The summed E-state index contributed by atoms with van der Waals surface area (Å²) in [6, 6.07) is 0. The van der Waals surface area contributed by atoms with Crippen LogP contribution in [0.2, 0.25) is 0 Å². The van der Waals surface area contributed by atoms with Gasteiger partial charge in [0.1, 0.15) is 11.5 Å². The van der Waals surface area contributed by atoms with Crippen LogP contribution in [0.5, 0.6) is 0 Å². The highest BCUT2D eigenvalue weighted by atomic mass is 19.4. The molecule has 0 atom stereocenters. The lowest BCUT2D eigenvalue weighted by Gasteiger charge is -2.04. The van der Waals surface area contributed by atoms with Crippen LogP contribution in [-0.4, -0.2) is 13.3 Å². The molecule has 2 nitrogen and oxygen atoms in total. The molecule has 0 heterocycles. The summed E-state index contributed by atoms with van der Waals surface area (Å²) in [5, 5.41) is 0. The maximum absolute atomic E-state index is 11.8. The second-order valence-corrected chi connectivity index (χ2v) is 2.10. The standard InChI is InChI=1S/C8H10F3NO/c1-3-6(13-2)4-5-7(12)8(9,10)11/h3-5H,1,12H2,2H3/b6-4+,7-5-. The molecule has 5 heteroatoms. The van der Waals surface area contributed by atoms with Gasteiger partial charge in [-0.1, -0.05) is 6.58 Å². The van der Waals surface area contributed by atoms with Gasteiger partial charge in [0, 0.05) is 0 Å². The van der Waals surface area contributed by atoms with Gasteiger partial charge in [0.05, 0.1) is 7.11 Å². The van der Waals surface area contributed by atoms with Crippen LogP contribution < -0.4 is 5.73 Å². The fraction of sp³-hybridized carbons (Fsp3) is 0.250. The maximum Gasteiger partial charge on any atom is 0.430 e. The largest absolute Gasteiger partial charge is 0.497 e. The molecule has 0 rings (SSSR count). The van der Waals surface area contributed by atoms with Gasteiger partial charge in [-0.15, -0.1) is 0 Å². The molecule has 0 saturated heterocycles. The summed E-state index contributed by atoms with van der Waals surface area (Å²) < 4.78 is 40.1. The summed E-state index contributed by atoms with van der Waals surface area (Å²) >= 11 is 0. The van der Waals surface area contributed by atoms with Gasteiger partial charge in [0.25, 0.3) is 0 Å². The number of ether oxygens (including phenoxy) is 1. The normalized spacial score (nSPS) is 14.2. The molecular weight excluding hydrogens is 183 g/mol. The van der Waals surface area contributed by atoms with Crippen molar-refractivity contribution >= 4 is 0 Å². The number of halogens is 3. The lowest BCUT2D eigenvalue weighted by molar-refractivity contribution is -0.0926. The zero-order valence-corrected chi connectivity index (χ0v) is 7.06. The van der Waals surface area contributed by atoms with E-state index < -0.39 is 11.9 Å². The van der Waals surface area contributed by atoms with Crippen molar-refractivity contribution in [3.8, 4) is 0 Å². The molecule has 2 N–H and O–H groups in total. The van der Waals surface area contributed by atoms with Crippen LogP contribution in [0.4, 0.5) is 13.2 Å². The smallest absolute Gasteiger partial charge is 0.430 e. The van der Waals surface area contributed by atoms with Gasteiger partial charge < -0.3 is 10.5 Å². The molecule has 0 radical (unpaired) electrons. The van der Waals surface area contributed by atoms with Crippen molar-refractivity contribution in [2.24, 2.45) is 5.73 Å². The molecule has 0 aliphatic rings. The first-order chi connectivity index (χ1) is 5.91. The Morgan fingerprint density at radius 2 is 1.92 bits per heavy atom. The number of rotatable bonds is 3. The van der Waals surface area contributed by atoms with E-state index in [4.69, 9.17) is 5.73 Å². The first kappa shape index (κ1) is 11.6. The van der Waals surface area contributed by atoms with Gasteiger partial charge in [-0.25, -0.2) is 0 Å². The third kappa shape index (κ3) is 4.25. The van der Waals surface area contributed by atoms with Crippen LogP contribution in [0.1, 0.15) is 0 Å². The lowest BCUT2D eigenvalue weighted by atomic mass is 10.3. The van der Waals surface area contributed by atoms with E-state index in [0.29, 0.717) is 0 Å². The highest BCUT2D eigenvalue weighted by molar-refractivity contribution is 5.20. The molecule has 0 aliphatic heterocycles. The number of nitrogens with two attached hydrogens (primary N) is 1. The molecule has 0 aromatic rings. The van der Waals surface area contributed by atoms with Crippen molar-refractivity contribution in [1.29, 1.82) is 0 Å². The molecule has 0 unspecified atom stereocenters. The van der Waals surface area contributed by atoms with E-state index in [-0.39, 0.29) is 5.76 Å². The monoisotopic (exact) mass is 193 g/mol.